The van der Waals surface area contributed by atoms with Crippen molar-refractivity contribution in [2.75, 3.05) is 0 Å². The van der Waals surface area contributed by atoms with Gasteiger partial charge in [0, 0.05) is 30.2 Å². The Bertz CT molecular complexity index is 1290. The van der Waals surface area contributed by atoms with Gasteiger partial charge < -0.3 is 14.9 Å². The number of benzene rings is 3. The number of aliphatic hydroxyl groups is 1. The average molecular weight is 505 g/mol. The summed E-state index contributed by atoms with van der Waals surface area (Å²) in [5, 5.41) is 19.6. The van der Waals surface area contributed by atoms with Crippen LogP contribution < -0.4 is 4.74 Å². The second-order valence-electron chi connectivity index (χ2n) is 8.61. The van der Waals surface area contributed by atoms with Crippen molar-refractivity contribution in [2.24, 2.45) is 0 Å². The Kier molecular flexibility index (Phi) is 8.41. The van der Waals surface area contributed by atoms with Crippen molar-refractivity contribution in [3.8, 4) is 16.9 Å². The third-order valence-electron chi connectivity index (χ3n) is 6.06. The molecule has 1 atom stereocenters. The van der Waals surface area contributed by atoms with Gasteiger partial charge in [-0.1, -0.05) is 80.1 Å². The molecule has 4 aromatic rings. The molecule has 36 heavy (non-hydrogen) atoms. The molecule has 1 unspecified atom stereocenters. The molecule has 4 rings (SSSR count). The van der Waals surface area contributed by atoms with Gasteiger partial charge in [0.2, 0.25) is 6.10 Å². The van der Waals surface area contributed by atoms with Crippen LogP contribution in [0.5, 0.6) is 5.75 Å². The number of imidazole rings is 1. The van der Waals surface area contributed by atoms with Crippen LogP contribution in [0, 0.1) is 0 Å². The van der Waals surface area contributed by atoms with Crippen molar-refractivity contribution in [1.29, 1.82) is 0 Å². The minimum Gasteiger partial charge on any atom is -0.478 e. The van der Waals surface area contributed by atoms with Gasteiger partial charge in [-0.15, -0.1) is 0 Å². The fraction of sp³-hybridized carbons (Fsp3) is 0.241. The zero-order valence-corrected chi connectivity index (χ0v) is 20.9. The first-order chi connectivity index (χ1) is 17.5. The number of aryl methyl sites for hydroxylation is 1. The number of carbonyl (C=O) groups is 1. The molecule has 0 saturated carbocycles. The Balaban J connectivity index is 1.47. The Morgan fingerprint density at radius 1 is 1.00 bits per heavy atom. The lowest BCUT2D eigenvalue weighted by Crippen LogP contribution is -2.18. The van der Waals surface area contributed by atoms with Crippen LogP contribution >= 0.6 is 11.8 Å². The van der Waals surface area contributed by atoms with Gasteiger partial charge in [-0.25, -0.2) is 13.9 Å². The van der Waals surface area contributed by atoms with Crippen molar-refractivity contribution < 1.29 is 19.7 Å². The number of aromatic nitrogens is 2. The highest BCUT2D eigenvalue weighted by atomic mass is 35.5. The van der Waals surface area contributed by atoms with E-state index in [1.807, 2.05) is 54.6 Å². The molecule has 186 valence electrons. The lowest BCUT2D eigenvalue weighted by atomic mass is 10.0. The standard InChI is InChI=1S/C29H29ClN2O4/c1-2-3-9-27-31-25(26(19-33)32(27)30)18-20-10-16-24(17-11-20)36-28(29(34)35)23-14-12-22(13-15-23)21-7-5-4-6-8-21/h4-8,10-17,28,33H,2-3,9,18-19H2,1H3,(H,34,35). The Hall–Kier alpha value is -3.61. The smallest absolute Gasteiger partial charge is 0.349 e. The first-order valence-electron chi connectivity index (χ1n) is 12.0. The first-order valence-corrected chi connectivity index (χ1v) is 12.3. The lowest BCUT2D eigenvalue weighted by Gasteiger charge is -2.16. The number of hydrogen-bond acceptors (Lipinski definition) is 4. The minimum absolute atomic E-state index is 0.192. The molecule has 0 radical (unpaired) electrons. The number of nitrogens with zero attached hydrogens (tertiary/aromatic N) is 2. The number of rotatable bonds is 11. The van der Waals surface area contributed by atoms with Crippen molar-refractivity contribution in [3.63, 3.8) is 0 Å². The molecule has 1 heterocycles. The number of aliphatic carboxylic acids is 1. The second kappa shape index (κ2) is 11.9. The molecule has 0 amide bonds. The average Bonchev–Trinajstić information content (AvgIpc) is 3.20. The Morgan fingerprint density at radius 3 is 2.28 bits per heavy atom. The molecule has 0 aliphatic rings. The van der Waals surface area contributed by atoms with E-state index in [-0.39, 0.29) is 6.61 Å². The van der Waals surface area contributed by atoms with E-state index in [9.17, 15) is 15.0 Å². The van der Waals surface area contributed by atoms with Gasteiger partial charge in [0.15, 0.2) is 0 Å². The SMILES string of the molecule is CCCCc1nc(Cc2ccc(OC(C(=O)O)c3ccc(-c4ccccc4)cc3)cc2)c(CO)n1Cl. The quantitative estimate of drug-likeness (QED) is 0.255. The number of carboxylic acids is 1. The van der Waals surface area contributed by atoms with E-state index in [1.165, 1.54) is 4.09 Å². The molecule has 6 nitrogen and oxygen atoms in total. The van der Waals surface area contributed by atoms with Crippen LogP contribution in [-0.4, -0.2) is 25.3 Å². The Morgan fingerprint density at radius 2 is 1.67 bits per heavy atom. The molecular weight excluding hydrogens is 476 g/mol. The topological polar surface area (TPSA) is 84.6 Å². The fourth-order valence-corrected chi connectivity index (χ4v) is 4.35. The summed E-state index contributed by atoms with van der Waals surface area (Å²) < 4.78 is 7.31. The van der Waals surface area contributed by atoms with Gasteiger partial charge >= 0.3 is 5.97 Å². The zero-order chi connectivity index (χ0) is 25.5. The van der Waals surface area contributed by atoms with Crippen LogP contribution in [0.3, 0.4) is 0 Å². The highest BCUT2D eigenvalue weighted by Crippen LogP contribution is 2.27. The van der Waals surface area contributed by atoms with Crippen LogP contribution in [0.15, 0.2) is 78.9 Å². The summed E-state index contributed by atoms with van der Waals surface area (Å²) in [5.41, 5.74) is 4.90. The van der Waals surface area contributed by atoms with E-state index in [2.05, 4.69) is 11.9 Å². The van der Waals surface area contributed by atoms with Gasteiger partial charge in [0.1, 0.15) is 11.6 Å². The molecule has 0 bridgehead atoms. The summed E-state index contributed by atoms with van der Waals surface area (Å²) in [6.45, 7) is 1.91. The van der Waals surface area contributed by atoms with E-state index >= 15 is 0 Å². The molecule has 0 spiro atoms. The van der Waals surface area contributed by atoms with E-state index in [1.54, 1.807) is 24.3 Å². The van der Waals surface area contributed by atoms with E-state index in [0.29, 0.717) is 23.4 Å². The second-order valence-corrected chi connectivity index (χ2v) is 8.95. The number of ether oxygens (including phenoxy) is 1. The predicted molar refractivity (Wildman–Crippen MR) is 140 cm³/mol. The minimum atomic E-state index is -1.13. The molecule has 0 aliphatic heterocycles. The van der Waals surface area contributed by atoms with Crippen molar-refractivity contribution in [1.82, 2.24) is 9.07 Å². The van der Waals surface area contributed by atoms with E-state index < -0.39 is 12.1 Å². The summed E-state index contributed by atoms with van der Waals surface area (Å²) >= 11 is 6.37. The normalized spacial score (nSPS) is 11.9. The van der Waals surface area contributed by atoms with Crippen LogP contribution in [0.4, 0.5) is 0 Å². The summed E-state index contributed by atoms with van der Waals surface area (Å²) in [5.74, 6) is 0.138. The third kappa shape index (κ3) is 5.96. The van der Waals surface area contributed by atoms with Crippen molar-refractivity contribution in [3.05, 3.63) is 107 Å². The van der Waals surface area contributed by atoms with Gasteiger partial charge in [-0.2, -0.15) is 0 Å². The molecule has 0 fully saturated rings. The highest BCUT2D eigenvalue weighted by molar-refractivity contribution is 6.16. The molecule has 1 aromatic heterocycles. The van der Waals surface area contributed by atoms with Crippen LogP contribution in [0.25, 0.3) is 11.1 Å². The maximum Gasteiger partial charge on any atom is 0.349 e. The number of halogens is 1. The first kappa shape index (κ1) is 25.5. The summed E-state index contributed by atoms with van der Waals surface area (Å²) in [4.78, 5) is 16.6. The monoisotopic (exact) mass is 504 g/mol. The van der Waals surface area contributed by atoms with Crippen molar-refractivity contribution in [2.45, 2.75) is 45.3 Å². The van der Waals surface area contributed by atoms with Gasteiger partial charge in [0.05, 0.1) is 18.0 Å². The van der Waals surface area contributed by atoms with Gasteiger partial charge in [0.25, 0.3) is 0 Å². The molecule has 3 aromatic carbocycles. The summed E-state index contributed by atoms with van der Waals surface area (Å²) in [6.07, 6.45) is 2.12. The van der Waals surface area contributed by atoms with Crippen LogP contribution in [0.2, 0.25) is 0 Å². The van der Waals surface area contributed by atoms with Gasteiger partial charge in [-0.3, -0.25) is 0 Å². The van der Waals surface area contributed by atoms with Crippen LogP contribution in [-0.2, 0) is 24.2 Å². The number of unbranched alkanes of at least 4 members (excludes halogenated alkanes) is 1. The van der Waals surface area contributed by atoms with E-state index in [4.69, 9.17) is 16.5 Å². The van der Waals surface area contributed by atoms with Crippen LogP contribution in [0.1, 0.15) is 54.2 Å². The maximum absolute atomic E-state index is 12.0. The molecule has 7 heteroatoms. The maximum atomic E-state index is 12.0. The number of carboxylic acid groups (broad SMARTS) is 1. The molecule has 0 saturated heterocycles. The highest BCUT2D eigenvalue weighted by Gasteiger charge is 2.22. The predicted octanol–water partition coefficient (Wildman–Crippen LogP) is 6.18. The molecule has 2 N–H and O–H groups in total. The van der Waals surface area contributed by atoms with Gasteiger partial charge in [-0.05, 0) is 35.2 Å². The number of aliphatic hydroxyl groups excluding tert-OH is 1. The lowest BCUT2D eigenvalue weighted by molar-refractivity contribution is -0.145. The van der Waals surface area contributed by atoms with E-state index in [0.717, 1.165) is 47.5 Å². The Labute approximate surface area is 215 Å². The molecule has 0 aliphatic carbocycles. The summed E-state index contributed by atoms with van der Waals surface area (Å²) in [6, 6.07) is 24.5. The number of hydrogen-bond donors (Lipinski definition) is 2. The third-order valence-corrected chi connectivity index (χ3v) is 6.46. The molecular formula is C29H29ClN2O4. The summed E-state index contributed by atoms with van der Waals surface area (Å²) in [7, 11) is 0. The zero-order valence-electron chi connectivity index (χ0n) is 20.1. The fourth-order valence-electron chi connectivity index (χ4n) is 4.07. The van der Waals surface area contributed by atoms with Crippen molar-refractivity contribution >= 4 is 17.7 Å². The largest absolute Gasteiger partial charge is 0.478 e.